The number of rotatable bonds is 6. The molecule has 0 amide bonds. The summed E-state index contributed by atoms with van der Waals surface area (Å²) >= 11 is 0. The first kappa shape index (κ1) is 20.9. The third-order valence-electron chi connectivity index (χ3n) is 5.43. The Kier molecular flexibility index (Phi) is 5.47. The molecule has 0 radical (unpaired) electrons. The van der Waals surface area contributed by atoms with Crippen molar-refractivity contribution in [2.75, 3.05) is 7.11 Å². The van der Waals surface area contributed by atoms with E-state index in [0.717, 1.165) is 33.3 Å². The van der Waals surface area contributed by atoms with E-state index in [1.54, 1.807) is 6.07 Å². The van der Waals surface area contributed by atoms with Crippen molar-refractivity contribution in [3.05, 3.63) is 94.5 Å². The smallest absolute Gasteiger partial charge is 0.337 e. The molecule has 0 aliphatic carbocycles. The number of hydrogen-bond donors (Lipinski definition) is 5. The van der Waals surface area contributed by atoms with Crippen molar-refractivity contribution >= 4 is 28.5 Å². The van der Waals surface area contributed by atoms with Crippen LogP contribution in [0.4, 0.5) is 0 Å². The Balaban J connectivity index is 1.85. The van der Waals surface area contributed by atoms with Gasteiger partial charge in [-0.25, -0.2) is 4.79 Å². The number of aromatic nitrogens is 1. The van der Waals surface area contributed by atoms with Crippen molar-refractivity contribution in [2.24, 2.45) is 11.5 Å². The summed E-state index contributed by atoms with van der Waals surface area (Å²) in [5.41, 5.74) is 17.8. The predicted octanol–water partition coefficient (Wildman–Crippen LogP) is 3.78. The van der Waals surface area contributed by atoms with Crippen LogP contribution in [0.3, 0.4) is 0 Å². The Bertz CT molecular complexity index is 1350. The highest BCUT2D eigenvalue weighted by molar-refractivity contribution is 6.01. The number of ether oxygens (including phenoxy) is 1. The fourth-order valence-corrected chi connectivity index (χ4v) is 3.80. The van der Waals surface area contributed by atoms with Crippen LogP contribution in [0.1, 0.15) is 32.6 Å². The first-order chi connectivity index (χ1) is 15.4. The third kappa shape index (κ3) is 3.96. The summed E-state index contributed by atoms with van der Waals surface area (Å²) in [7, 11) is 1.37. The molecule has 3 aromatic carbocycles. The van der Waals surface area contributed by atoms with E-state index < -0.39 is 0 Å². The van der Waals surface area contributed by atoms with E-state index in [1.807, 2.05) is 60.7 Å². The van der Waals surface area contributed by atoms with Gasteiger partial charge in [0.25, 0.3) is 0 Å². The van der Waals surface area contributed by atoms with Crippen LogP contribution < -0.4 is 11.5 Å². The van der Waals surface area contributed by atoms with Gasteiger partial charge in [-0.1, -0.05) is 48.5 Å². The van der Waals surface area contributed by atoms with Crippen LogP contribution in [0.2, 0.25) is 0 Å². The molecule has 0 saturated heterocycles. The predicted molar refractivity (Wildman–Crippen MR) is 126 cm³/mol. The normalized spacial score (nSPS) is 10.8. The summed E-state index contributed by atoms with van der Waals surface area (Å²) in [6.45, 7) is 0. The van der Waals surface area contributed by atoms with Crippen molar-refractivity contribution < 1.29 is 9.53 Å². The number of nitrogen functional groups attached to an aromatic ring is 2. The molecule has 0 bridgehead atoms. The van der Waals surface area contributed by atoms with Crippen LogP contribution in [0.15, 0.2) is 66.7 Å². The van der Waals surface area contributed by atoms with Gasteiger partial charge < -0.3 is 21.2 Å². The Morgan fingerprint density at radius 3 is 2.25 bits per heavy atom. The molecule has 4 rings (SSSR count). The molecule has 1 aromatic heterocycles. The summed E-state index contributed by atoms with van der Waals surface area (Å²) in [6, 6.07) is 20.5. The van der Waals surface area contributed by atoms with Crippen molar-refractivity contribution in [2.45, 2.75) is 6.42 Å². The van der Waals surface area contributed by atoms with Crippen LogP contribution in [-0.2, 0) is 11.2 Å². The fraction of sp³-hybridized carbons (Fsp3) is 0.0800. The number of nitrogens with one attached hydrogen (secondary N) is 3. The molecular weight excluding hydrogens is 402 g/mol. The second-order valence-corrected chi connectivity index (χ2v) is 7.51. The van der Waals surface area contributed by atoms with Gasteiger partial charge in [0.1, 0.15) is 11.7 Å². The minimum Gasteiger partial charge on any atom is -0.465 e. The molecule has 0 unspecified atom stereocenters. The summed E-state index contributed by atoms with van der Waals surface area (Å²) in [4.78, 5) is 15.4. The number of hydrogen-bond acceptors (Lipinski definition) is 4. The third-order valence-corrected chi connectivity index (χ3v) is 5.43. The summed E-state index contributed by atoms with van der Waals surface area (Å²) < 4.78 is 4.85. The molecule has 7 nitrogen and oxygen atoms in total. The van der Waals surface area contributed by atoms with Gasteiger partial charge in [0.05, 0.1) is 18.4 Å². The van der Waals surface area contributed by atoms with Gasteiger partial charge in [0, 0.05) is 28.5 Å². The number of H-pyrrole nitrogens is 1. The molecule has 0 saturated carbocycles. The number of fused-ring (bicyclic) bond motifs is 1. The zero-order valence-corrected chi connectivity index (χ0v) is 17.5. The standard InChI is InChI=1S/C25H23N5O2/c1-32-25(31)18-4-2-3-14(11-18)12-20-19-10-9-17(24(28)29)13-21(19)30-22(20)15-5-7-16(8-6-15)23(26)27/h2-11,13,30H,12H2,1H3,(H3,26,27)(H3,28,29). The van der Waals surface area contributed by atoms with E-state index in [4.69, 9.17) is 27.0 Å². The molecule has 160 valence electrons. The number of carbonyl (C=O) groups excluding carboxylic acids is 1. The molecule has 0 aliphatic heterocycles. The van der Waals surface area contributed by atoms with Crippen molar-refractivity contribution in [1.29, 1.82) is 10.8 Å². The lowest BCUT2D eigenvalue weighted by Crippen LogP contribution is -2.10. The van der Waals surface area contributed by atoms with E-state index in [-0.39, 0.29) is 17.6 Å². The summed E-state index contributed by atoms with van der Waals surface area (Å²) in [5.74, 6) is -0.364. The average molecular weight is 425 g/mol. The Hall–Kier alpha value is -4.39. The zero-order chi connectivity index (χ0) is 22.8. The van der Waals surface area contributed by atoms with Gasteiger partial charge in [0.15, 0.2) is 0 Å². The molecule has 0 aliphatic rings. The molecule has 32 heavy (non-hydrogen) atoms. The number of amidine groups is 2. The number of benzene rings is 3. The first-order valence-electron chi connectivity index (χ1n) is 9.98. The zero-order valence-electron chi connectivity index (χ0n) is 17.5. The second-order valence-electron chi connectivity index (χ2n) is 7.51. The number of esters is 1. The largest absolute Gasteiger partial charge is 0.465 e. The molecule has 7 N–H and O–H groups in total. The van der Waals surface area contributed by atoms with Crippen LogP contribution in [0, 0.1) is 10.8 Å². The fourth-order valence-electron chi connectivity index (χ4n) is 3.80. The lowest BCUT2D eigenvalue weighted by molar-refractivity contribution is 0.0600. The van der Waals surface area contributed by atoms with Crippen LogP contribution in [-0.4, -0.2) is 29.7 Å². The highest BCUT2D eigenvalue weighted by Gasteiger charge is 2.16. The molecule has 7 heteroatoms. The Labute approximate surface area is 185 Å². The number of aromatic amines is 1. The van der Waals surface area contributed by atoms with Crippen LogP contribution in [0.5, 0.6) is 0 Å². The van der Waals surface area contributed by atoms with Crippen molar-refractivity contribution in [3.8, 4) is 11.3 Å². The van der Waals surface area contributed by atoms with E-state index in [9.17, 15) is 4.79 Å². The lowest BCUT2D eigenvalue weighted by atomic mass is 9.96. The van der Waals surface area contributed by atoms with Gasteiger partial charge in [0.2, 0.25) is 0 Å². The Morgan fingerprint density at radius 1 is 0.906 bits per heavy atom. The molecular formula is C25H23N5O2. The Morgan fingerprint density at radius 2 is 1.59 bits per heavy atom. The van der Waals surface area contributed by atoms with E-state index in [2.05, 4.69) is 4.98 Å². The number of methoxy groups -OCH3 is 1. The molecule has 0 atom stereocenters. The van der Waals surface area contributed by atoms with Gasteiger partial charge >= 0.3 is 5.97 Å². The van der Waals surface area contributed by atoms with Gasteiger partial charge in [-0.3, -0.25) is 10.8 Å². The van der Waals surface area contributed by atoms with Crippen LogP contribution >= 0.6 is 0 Å². The SMILES string of the molecule is COC(=O)c1cccc(Cc2c(-c3ccc(C(=N)N)cc3)[nH]c3cc(C(=N)N)ccc23)c1. The summed E-state index contributed by atoms with van der Waals surface area (Å²) in [5, 5.41) is 16.4. The summed E-state index contributed by atoms with van der Waals surface area (Å²) in [6.07, 6.45) is 0.577. The first-order valence-corrected chi connectivity index (χ1v) is 9.98. The van der Waals surface area contributed by atoms with Gasteiger partial charge in [-0.2, -0.15) is 0 Å². The lowest BCUT2D eigenvalue weighted by Gasteiger charge is -2.08. The average Bonchev–Trinajstić information content (AvgIpc) is 3.16. The maximum atomic E-state index is 12.0. The number of carbonyl (C=O) groups is 1. The maximum absolute atomic E-state index is 12.0. The molecule has 4 aromatic rings. The second kappa shape index (κ2) is 8.39. The van der Waals surface area contributed by atoms with E-state index in [0.29, 0.717) is 23.1 Å². The van der Waals surface area contributed by atoms with E-state index >= 15 is 0 Å². The van der Waals surface area contributed by atoms with Gasteiger partial charge in [-0.05, 0) is 34.9 Å². The minimum absolute atomic E-state index is 0.00110. The topological polar surface area (TPSA) is 142 Å². The quantitative estimate of drug-likeness (QED) is 0.182. The highest BCUT2D eigenvalue weighted by atomic mass is 16.5. The number of nitrogens with two attached hydrogens (primary N) is 2. The molecule has 0 spiro atoms. The van der Waals surface area contributed by atoms with Crippen LogP contribution in [0.25, 0.3) is 22.2 Å². The minimum atomic E-state index is -0.378. The monoisotopic (exact) mass is 425 g/mol. The van der Waals surface area contributed by atoms with E-state index in [1.165, 1.54) is 7.11 Å². The maximum Gasteiger partial charge on any atom is 0.337 e. The van der Waals surface area contributed by atoms with Crippen molar-refractivity contribution in [3.63, 3.8) is 0 Å². The molecule has 0 fully saturated rings. The molecule has 1 heterocycles. The van der Waals surface area contributed by atoms with Crippen molar-refractivity contribution in [1.82, 2.24) is 4.98 Å². The van der Waals surface area contributed by atoms with Gasteiger partial charge in [-0.15, -0.1) is 0 Å². The highest BCUT2D eigenvalue weighted by Crippen LogP contribution is 2.33.